The molecule has 5 heteroatoms. The summed E-state index contributed by atoms with van der Waals surface area (Å²) in [6.45, 7) is 0. The lowest BCUT2D eigenvalue weighted by Gasteiger charge is -2.22. The van der Waals surface area contributed by atoms with Crippen LogP contribution in [0.1, 0.15) is 16.8 Å². The zero-order valence-corrected chi connectivity index (χ0v) is 9.65. The Kier molecular flexibility index (Phi) is 1.75. The van der Waals surface area contributed by atoms with Gasteiger partial charge in [0, 0.05) is 10.9 Å². The highest BCUT2D eigenvalue weighted by Gasteiger charge is 2.69. The molecule has 4 nitrogen and oxygen atoms in total. The number of carboxylic acid groups (broad SMARTS) is 1. The molecule has 1 aromatic carbocycles. The van der Waals surface area contributed by atoms with Gasteiger partial charge in [-0.2, -0.15) is 0 Å². The minimum absolute atomic E-state index is 0.134. The van der Waals surface area contributed by atoms with E-state index in [1.807, 2.05) is 0 Å². The van der Waals surface area contributed by atoms with Gasteiger partial charge in [0.1, 0.15) is 5.75 Å². The highest BCUT2D eigenvalue weighted by molar-refractivity contribution is 9.10. The normalized spacial score (nSPS) is 30.1. The number of fused-ring (bicyclic) bond motifs is 2. The molecule has 1 aliphatic heterocycles. The van der Waals surface area contributed by atoms with E-state index in [1.165, 1.54) is 0 Å². The lowest BCUT2D eigenvalue weighted by Crippen LogP contribution is -2.37. The maximum Gasteiger partial charge on any atom is 0.348 e. The van der Waals surface area contributed by atoms with E-state index in [2.05, 4.69) is 15.9 Å². The van der Waals surface area contributed by atoms with Gasteiger partial charge in [0.2, 0.25) is 5.60 Å². The first-order valence-corrected chi connectivity index (χ1v) is 5.60. The summed E-state index contributed by atoms with van der Waals surface area (Å²) in [5.41, 5.74) is -0.827. The molecule has 1 N–H and O–H groups in total. The molecular weight excluding hydrogens is 276 g/mol. The fourth-order valence-electron chi connectivity index (χ4n) is 2.11. The van der Waals surface area contributed by atoms with Crippen LogP contribution in [0.3, 0.4) is 0 Å². The summed E-state index contributed by atoms with van der Waals surface area (Å²) in [6.07, 6.45) is 0.271. The minimum atomic E-state index is -1.29. The molecule has 1 aromatic rings. The number of rotatable bonds is 1. The van der Waals surface area contributed by atoms with Gasteiger partial charge in [-0.1, -0.05) is 15.9 Å². The number of ketones is 1. The highest BCUT2D eigenvalue weighted by atomic mass is 79.9. The highest BCUT2D eigenvalue weighted by Crippen LogP contribution is 2.54. The lowest BCUT2D eigenvalue weighted by atomic mass is 10.0. The Bertz CT molecular complexity index is 525. The molecule has 2 atom stereocenters. The molecule has 3 rings (SSSR count). The van der Waals surface area contributed by atoms with E-state index in [0.29, 0.717) is 11.3 Å². The van der Waals surface area contributed by atoms with Crippen LogP contribution in [0.4, 0.5) is 0 Å². The number of hydrogen-bond donors (Lipinski definition) is 1. The maximum atomic E-state index is 12.0. The number of Topliss-reactive ketones (excluding diaryl/α,β-unsaturated/α-hetero) is 1. The van der Waals surface area contributed by atoms with Crippen LogP contribution in [-0.4, -0.2) is 22.5 Å². The van der Waals surface area contributed by atoms with Crippen LogP contribution in [-0.2, 0) is 4.79 Å². The summed E-state index contributed by atoms with van der Waals surface area (Å²) in [5.74, 6) is -1.35. The largest absolute Gasteiger partial charge is 0.478 e. The van der Waals surface area contributed by atoms with E-state index >= 15 is 0 Å². The molecule has 0 bridgehead atoms. The topological polar surface area (TPSA) is 63.6 Å². The van der Waals surface area contributed by atoms with E-state index in [4.69, 9.17) is 9.84 Å². The summed E-state index contributed by atoms with van der Waals surface area (Å²) in [5, 5.41) is 9.05. The quantitative estimate of drug-likeness (QED) is 0.854. The average Bonchev–Trinajstić information content (AvgIpc) is 2.96. The van der Waals surface area contributed by atoms with Crippen molar-refractivity contribution in [2.45, 2.75) is 12.0 Å². The average molecular weight is 283 g/mol. The summed E-state index contributed by atoms with van der Waals surface area (Å²) >= 11 is 3.27. The predicted molar refractivity (Wildman–Crippen MR) is 57.6 cm³/mol. The van der Waals surface area contributed by atoms with Crippen LogP contribution >= 0.6 is 15.9 Å². The Labute approximate surface area is 99.3 Å². The van der Waals surface area contributed by atoms with E-state index in [1.54, 1.807) is 18.2 Å². The van der Waals surface area contributed by atoms with Gasteiger partial charge in [-0.05, 0) is 18.2 Å². The first-order valence-electron chi connectivity index (χ1n) is 4.81. The molecule has 0 amide bonds. The molecule has 16 heavy (non-hydrogen) atoms. The van der Waals surface area contributed by atoms with Gasteiger partial charge in [0.15, 0.2) is 5.78 Å². The number of carbonyl (C=O) groups is 2. The van der Waals surface area contributed by atoms with Crippen molar-refractivity contribution in [2.24, 2.45) is 5.92 Å². The number of benzene rings is 1. The van der Waals surface area contributed by atoms with Gasteiger partial charge in [-0.25, -0.2) is 4.79 Å². The number of halogens is 1. The maximum absolute atomic E-state index is 12.0. The van der Waals surface area contributed by atoms with Crippen molar-refractivity contribution in [1.82, 2.24) is 0 Å². The van der Waals surface area contributed by atoms with Crippen molar-refractivity contribution in [1.29, 1.82) is 0 Å². The van der Waals surface area contributed by atoms with Crippen molar-refractivity contribution >= 4 is 27.7 Å². The second kappa shape index (κ2) is 2.85. The fourth-order valence-corrected chi connectivity index (χ4v) is 2.47. The van der Waals surface area contributed by atoms with Gasteiger partial charge >= 0.3 is 5.97 Å². The molecule has 1 heterocycles. The van der Waals surface area contributed by atoms with Crippen LogP contribution in [0, 0.1) is 5.92 Å². The second-order valence-electron chi connectivity index (χ2n) is 4.06. The summed E-state index contributed by atoms with van der Waals surface area (Å²) < 4.78 is 6.22. The molecule has 0 radical (unpaired) electrons. The Balaban J connectivity index is 2.11. The third kappa shape index (κ3) is 1.09. The predicted octanol–water partition coefficient (Wildman–Crippen LogP) is 1.87. The van der Waals surface area contributed by atoms with Crippen molar-refractivity contribution in [3.8, 4) is 5.75 Å². The molecule has 0 saturated heterocycles. The Morgan fingerprint density at radius 3 is 3.00 bits per heavy atom. The number of carbonyl (C=O) groups excluding carboxylic acids is 1. The van der Waals surface area contributed by atoms with E-state index in [9.17, 15) is 9.59 Å². The first kappa shape index (κ1) is 9.84. The van der Waals surface area contributed by atoms with Crippen molar-refractivity contribution < 1.29 is 19.4 Å². The SMILES string of the molecule is O=C1c2cc(Br)ccc2OC2(C(=O)O)CC12. The summed E-state index contributed by atoms with van der Waals surface area (Å²) in [7, 11) is 0. The molecule has 2 aliphatic rings. The Morgan fingerprint density at radius 2 is 2.31 bits per heavy atom. The monoisotopic (exact) mass is 282 g/mol. The Morgan fingerprint density at radius 1 is 1.56 bits per heavy atom. The van der Waals surface area contributed by atoms with Crippen LogP contribution < -0.4 is 4.74 Å². The molecule has 82 valence electrons. The molecule has 1 aliphatic carbocycles. The van der Waals surface area contributed by atoms with E-state index < -0.39 is 17.5 Å². The van der Waals surface area contributed by atoms with Crippen LogP contribution in [0.2, 0.25) is 0 Å². The standard InChI is InChI=1S/C11H7BrO4/c12-5-1-2-8-6(3-5)9(13)7-4-11(7,16-8)10(14)15/h1-3,7H,4H2,(H,14,15). The number of hydrogen-bond acceptors (Lipinski definition) is 3. The second-order valence-corrected chi connectivity index (χ2v) is 4.97. The molecule has 1 fully saturated rings. The molecule has 1 saturated carbocycles. The van der Waals surface area contributed by atoms with Crippen LogP contribution in [0.15, 0.2) is 22.7 Å². The van der Waals surface area contributed by atoms with Gasteiger partial charge in [-0.3, -0.25) is 4.79 Å². The number of carboxylic acids is 1. The zero-order chi connectivity index (χ0) is 11.5. The van der Waals surface area contributed by atoms with Crippen LogP contribution in [0.25, 0.3) is 0 Å². The third-order valence-corrected chi connectivity index (χ3v) is 3.58. The van der Waals surface area contributed by atoms with Gasteiger partial charge in [-0.15, -0.1) is 0 Å². The van der Waals surface area contributed by atoms with Gasteiger partial charge in [0.05, 0.1) is 11.5 Å². The molecule has 0 aromatic heterocycles. The minimum Gasteiger partial charge on any atom is -0.478 e. The van der Waals surface area contributed by atoms with Crippen molar-refractivity contribution in [3.63, 3.8) is 0 Å². The van der Waals surface area contributed by atoms with Crippen LogP contribution in [0.5, 0.6) is 5.75 Å². The third-order valence-electron chi connectivity index (χ3n) is 3.09. The molecule has 2 unspecified atom stereocenters. The van der Waals surface area contributed by atoms with Gasteiger partial charge in [0.25, 0.3) is 0 Å². The van der Waals surface area contributed by atoms with E-state index in [-0.39, 0.29) is 12.2 Å². The Hall–Kier alpha value is -1.36. The number of aliphatic carboxylic acids is 1. The first-order chi connectivity index (χ1) is 7.54. The fraction of sp³-hybridized carbons (Fsp3) is 0.273. The van der Waals surface area contributed by atoms with Gasteiger partial charge < -0.3 is 9.84 Å². The molecule has 0 spiro atoms. The lowest BCUT2D eigenvalue weighted by molar-refractivity contribution is -0.148. The van der Waals surface area contributed by atoms with Crippen molar-refractivity contribution in [3.05, 3.63) is 28.2 Å². The molecular formula is C11H7BrO4. The van der Waals surface area contributed by atoms with E-state index in [0.717, 1.165) is 4.47 Å². The van der Waals surface area contributed by atoms with Crippen molar-refractivity contribution in [2.75, 3.05) is 0 Å². The summed E-state index contributed by atoms with van der Waals surface area (Å²) in [4.78, 5) is 23.0. The summed E-state index contributed by atoms with van der Waals surface area (Å²) in [6, 6.07) is 5.02. The smallest absolute Gasteiger partial charge is 0.348 e. The number of ether oxygens (including phenoxy) is 1. The zero-order valence-electron chi connectivity index (χ0n) is 8.07.